The molecule has 2 rings (SSSR count). The highest BCUT2D eigenvalue weighted by molar-refractivity contribution is 6.08. The predicted octanol–water partition coefficient (Wildman–Crippen LogP) is 0.881. The highest BCUT2D eigenvalue weighted by Gasteiger charge is 2.57. The van der Waals surface area contributed by atoms with Crippen LogP contribution in [-0.2, 0) is 14.4 Å². The lowest BCUT2D eigenvalue weighted by Gasteiger charge is -2.30. The smallest absolute Gasteiger partial charge is 0.329 e. The van der Waals surface area contributed by atoms with Gasteiger partial charge in [0, 0.05) is 0 Å². The van der Waals surface area contributed by atoms with Gasteiger partial charge in [-0.15, -0.1) is 0 Å². The summed E-state index contributed by atoms with van der Waals surface area (Å²) in [6.45, 7) is 4.82. The Bertz CT molecular complexity index is 377. The Morgan fingerprint density at radius 2 is 1.65 bits per heavy atom. The normalized spacial score (nSPS) is 33.1. The summed E-state index contributed by atoms with van der Waals surface area (Å²) < 4.78 is 0. The number of carbonyl (C=O) groups is 3. The van der Waals surface area contributed by atoms with E-state index in [0.717, 1.165) is 4.90 Å². The average Bonchev–Trinajstić information content (AvgIpc) is 2.67. The van der Waals surface area contributed by atoms with Gasteiger partial charge in [0.2, 0.25) is 11.8 Å². The molecule has 0 aromatic rings. The van der Waals surface area contributed by atoms with Crippen molar-refractivity contribution in [2.24, 2.45) is 17.8 Å². The first-order chi connectivity index (χ1) is 7.76. The number of imide groups is 1. The molecule has 1 heterocycles. The van der Waals surface area contributed by atoms with E-state index in [1.54, 1.807) is 0 Å². The molecule has 0 aromatic heterocycles. The standard InChI is InChI=1S/C12H17NO4/c1-6-4-7-8(5-6)10(15)13(9(7)14)12(2,3)11(16)17/h6-8H,4-5H2,1-3H3,(H,16,17). The van der Waals surface area contributed by atoms with E-state index < -0.39 is 11.5 Å². The van der Waals surface area contributed by atoms with Crippen LogP contribution in [0.1, 0.15) is 33.6 Å². The van der Waals surface area contributed by atoms with E-state index in [-0.39, 0.29) is 23.7 Å². The molecule has 94 valence electrons. The summed E-state index contributed by atoms with van der Waals surface area (Å²) in [6, 6.07) is 0. The van der Waals surface area contributed by atoms with E-state index >= 15 is 0 Å². The summed E-state index contributed by atoms with van der Waals surface area (Å²) in [6.07, 6.45) is 1.39. The molecule has 5 nitrogen and oxygen atoms in total. The molecule has 2 amide bonds. The number of fused-ring (bicyclic) bond motifs is 1. The van der Waals surface area contributed by atoms with Crippen molar-refractivity contribution in [1.29, 1.82) is 0 Å². The summed E-state index contributed by atoms with van der Waals surface area (Å²) in [5.74, 6) is -1.99. The Kier molecular flexibility index (Phi) is 2.52. The van der Waals surface area contributed by atoms with Gasteiger partial charge in [0.05, 0.1) is 11.8 Å². The molecule has 1 N–H and O–H groups in total. The number of aliphatic carboxylic acids is 1. The largest absolute Gasteiger partial charge is 0.480 e. The minimum Gasteiger partial charge on any atom is -0.480 e. The van der Waals surface area contributed by atoms with Crippen molar-refractivity contribution in [3.63, 3.8) is 0 Å². The highest BCUT2D eigenvalue weighted by Crippen LogP contribution is 2.44. The van der Waals surface area contributed by atoms with Crippen LogP contribution in [0.2, 0.25) is 0 Å². The fourth-order valence-corrected chi connectivity index (χ4v) is 2.92. The van der Waals surface area contributed by atoms with Crippen molar-refractivity contribution < 1.29 is 19.5 Å². The van der Waals surface area contributed by atoms with Gasteiger partial charge in [-0.3, -0.25) is 14.5 Å². The van der Waals surface area contributed by atoms with Crippen LogP contribution in [-0.4, -0.2) is 33.3 Å². The highest BCUT2D eigenvalue weighted by atomic mass is 16.4. The molecule has 2 aliphatic rings. The van der Waals surface area contributed by atoms with Gasteiger partial charge >= 0.3 is 5.97 Å². The number of carboxylic acids is 1. The number of carboxylic acid groups (broad SMARTS) is 1. The van der Waals surface area contributed by atoms with Crippen molar-refractivity contribution in [2.75, 3.05) is 0 Å². The Hall–Kier alpha value is -1.39. The second kappa shape index (κ2) is 3.55. The number of carbonyl (C=O) groups excluding carboxylic acids is 2. The van der Waals surface area contributed by atoms with Crippen LogP contribution in [0, 0.1) is 17.8 Å². The van der Waals surface area contributed by atoms with Crippen LogP contribution >= 0.6 is 0 Å². The van der Waals surface area contributed by atoms with E-state index in [9.17, 15) is 14.4 Å². The monoisotopic (exact) mass is 239 g/mol. The Balaban J connectivity index is 2.32. The number of hydrogen-bond acceptors (Lipinski definition) is 3. The van der Waals surface area contributed by atoms with E-state index in [1.807, 2.05) is 6.92 Å². The van der Waals surface area contributed by atoms with Gasteiger partial charge in [0.25, 0.3) is 0 Å². The fraction of sp³-hybridized carbons (Fsp3) is 0.750. The molecule has 1 saturated heterocycles. The predicted molar refractivity (Wildman–Crippen MR) is 58.9 cm³/mol. The summed E-state index contributed by atoms with van der Waals surface area (Å²) in [5, 5.41) is 9.11. The number of amides is 2. The van der Waals surface area contributed by atoms with Gasteiger partial charge < -0.3 is 5.11 Å². The van der Waals surface area contributed by atoms with Crippen LogP contribution in [0.3, 0.4) is 0 Å². The van der Waals surface area contributed by atoms with Crippen molar-refractivity contribution in [1.82, 2.24) is 4.90 Å². The van der Waals surface area contributed by atoms with E-state index in [0.29, 0.717) is 18.8 Å². The first-order valence-corrected chi connectivity index (χ1v) is 5.88. The molecule has 0 radical (unpaired) electrons. The lowest BCUT2D eigenvalue weighted by Crippen LogP contribution is -2.53. The van der Waals surface area contributed by atoms with Crippen molar-refractivity contribution in [3.05, 3.63) is 0 Å². The molecular formula is C12H17NO4. The van der Waals surface area contributed by atoms with Gasteiger partial charge in [0.1, 0.15) is 5.54 Å². The average molecular weight is 239 g/mol. The third-order valence-corrected chi connectivity index (χ3v) is 3.96. The SMILES string of the molecule is CC1CC2C(=O)N(C(C)(C)C(=O)O)C(=O)C2C1. The Morgan fingerprint density at radius 1 is 1.24 bits per heavy atom. The molecular weight excluding hydrogens is 222 g/mol. The third-order valence-electron chi connectivity index (χ3n) is 3.96. The Morgan fingerprint density at radius 3 is 2.00 bits per heavy atom. The van der Waals surface area contributed by atoms with Crippen molar-refractivity contribution >= 4 is 17.8 Å². The first-order valence-electron chi connectivity index (χ1n) is 5.88. The van der Waals surface area contributed by atoms with Crippen molar-refractivity contribution in [3.8, 4) is 0 Å². The lowest BCUT2D eigenvalue weighted by atomic mass is 10.00. The van der Waals surface area contributed by atoms with Gasteiger partial charge in [-0.2, -0.15) is 0 Å². The second-order valence-corrected chi connectivity index (χ2v) is 5.67. The molecule has 2 fully saturated rings. The minimum atomic E-state index is -1.44. The Labute approximate surface area is 99.8 Å². The van der Waals surface area contributed by atoms with Crippen LogP contribution in [0.25, 0.3) is 0 Å². The zero-order chi connectivity index (χ0) is 13.0. The van der Waals surface area contributed by atoms with Gasteiger partial charge in [0.15, 0.2) is 0 Å². The number of nitrogens with zero attached hydrogens (tertiary/aromatic N) is 1. The summed E-state index contributed by atoms with van der Waals surface area (Å²) >= 11 is 0. The molecule has 0 spiro atoms. The fourth-order valence-electron chi connectivity index (χ4n) is 2.92. The van der Waals surface area contributed by atoms with Crippen molar-refractivity contribution in [2.45, 2.75) is 39.2 Å². The summed E-state index contributed by atoms with van der Waals surface area (Å²) in [5.41, 5.74) is -1.44. The molecule has 2 atom stereocenters. The summed E-state index contributed by atoms with van der Waals surface area (Å²) in [4.78, 5) is 36.4. The second-order valence-electron chi connectivity index (χ2n) is 5.67. The zero-order valence-corrected chi connectivity index (χ0v) is 10.3. The topological polar surface area (TPSA) is 74.7 Å². The van der Waals surface area contributed by atoms with E-state index in [2.05, 4.69) is 0 Å². The van der Waals surface area contributed by atoms with Crippen LogP contribution in [0.15, 0.2) is 0 Å². The molecule has 5 heteroatoms. The molecule has 2 unspecified atom stereocenters. The third kappa shape index (κ3) is 1.56. The van der Waals surface area contributed by atoms with Gasteiger partial charge in [-0.05, 0) is 32.6 Å². The molecule has 0 aromatic carbocycles. The van der Waals surface area contributed by atoms with Crippen LogP contribution in [0.4, 0.5) is 0 Å². The minimum absolute atomic E-state index is 0.295. The van der Waals surface area contributed by atoms with E-state index in [1.165, 1.54) is 13.8 Å². The molecule has 1 aliphatic heterocycles. The van der Waals surface area contributed by atoms with E-state index in [4.69, 9.17) is 5.11 Å². The van der Waals surface area contributed by atoms with Crippen LogP contribution in [0.5, 0.6) is 0 Å². The van der Waals surface area contributed by atoms with Gasteiger partial charge in [-0.1, -0.05) is 6.92 Å². The zero-order valence-electron chi connectivity index (χ0n) is 10.3. The molecule has 17 heavy (non-hydrogen) atoms. The van der Waals surface area contributed by atoms with Gasteiger partial charge in [-0.25, -0.2) is 4.79 Å². The molecule has 0 bridgehead atoms. The molecule has 1 saturated carbocycles. The first kappa shape index (κ1) is 12.1. The number of hydrogen-bond donors (Lipinski definition) is 1. The van der Waals surface area contributed by atoms with Crippen LogP contribution < -0.4 is 0 Å². The maximum absolute atomic E-state index is 12.1. The summed E-state index contributed by atoms with van der Waals surface area (Å²) in [7, 11) is 0. The quantitative estimate of drug-likeness (QED) is 0.726. The maximum atomic E-state index is 12.1. The maximum Gasteiger partial charge on any atom is 0.329 e. The lowest BCUT2D eigenvalue weighted by molar-refractivity contribution is -0.161. The number of likely N-dealkylation sites (tertiary alicyclic amines) is 1. The molecule has 1 aliphatic carbocycles. The number of rotatable bonds is 2.